The van der Waals surface area contributed by atoms with Crippen LogP contribution in [0.3, 0.4) is 0 Å². The second-order valence-corrected chi connectivity index (χ2v) is 6.08. The normalized spacial score (nSPS) is 12.2. The number of rotatable bonds is 5. The summed E-state index contributed by atoms with van der Waals surface area (Å²) in [6, 6.07) is 10.1. The van der Waals surface area contributed by atoms with Gasteiger partial charge in [-0.2, -0.15) is 5.10 Å². The minimum atomic E-state index is -0.486. The molecule has 0 saturated heterocycles. The van der Waals surface area contributed by atoms with Crippen LogP contribution >= 0.6 is 23.2 Å². The third-order valence-electron chi connectivity index (χ3n) is 3.35. The van der Waals surface area contributed by atoms with Gasteiger partial charge in [0.25, 0.3) is 5.91 Å². The number of carbonyl (C=O) groups excluding carboxylic acids is 1. The number of phenolic OH excluding ortho intramolecular Hbond substituents is 1. The number of nitrogens with zero attached hydrogens (tertiary/aromatic N) is 1. The van der Waals surface area contributed by atoms with E-state index in [1.54, 1.807) is 6.92 Å². The molecule has 0 fully saturated rings. The van der Waals surface area contributed by atoms with Crippen molar-refractivity contribution < 1.29 is 9.90 Å². The maximum Gasteiger partial charge on any atom is 0.262 e. The van der Waals surface area contributed by atoms with Crippen molar-refractivity contribution >= 4 is 41.0 Å². The van der Waals surface area contributed by atoms with Gasteiger partial charge >= 0.3 is 0 Å². The van der Waals surface area contributed by atoms with Crippen molar-refractivity contribution in [1.82, 2.24) is 5.43 Å². The Bertz CT molecular complexity index is 778. The molecule has 0 aromatic heterocycles. The number of nitrogens with one attached hydrogen (secondary N) is 2. The molecular formula is C17H17Cl2N3O2. The number of phenols is 1. The van der Waals surface area contributed by atoms with E-state index in [9.17, 15) is 9.90 Å². The standard InChI is InChI=1S/C17H17Cl2N3O2/c1-10-5-3-4-6-15(10)21-11(2)17(24)22-20-9-12-7-13(18)8-14(19)16(12)23/h3-9,11,21,23H,1-2H3,(H,22,24)/b20-9-/t11-/m0/s1. The lowest BCUT2D eigenvalue weighted by Gasteiger charge is -2.15. The minimum Gasteiger partial charge on any atom is -0.506 e. The SMILES string of the molecule is Cc1ccccc1N[C@@H](C)C(=O)N/N=C\c1cc(Cl)cc(Cl)c1O. The molecule has 7 heteroatoms. The molecule has 0 aliphatic carbocycles. The van der Waals surface area contributed by atoms with Crippen molar-refractivity contribution in [3.05, 3.63) is 57.6 Å². The highest BCUT2D eigenvalue weighted by Crippen LogP contribution is 2.29. The first-order valence-electron chi connectivity index (χ1n) is 7.21. The van der Waals surface area contributed by atoms with Crippen LogP contribution in [0.2, 0.25) is 10.0 Å². The summed E-state index contributed by atoms with van der Waals surface area (Å²) in [6.45, 7) is 3.68. The summed E-state index contributed by atoms with van der Waals surface area (Å²) in [4.78, 5) is 12.1. The van der Waals surface area contributed by atoms with E-state index in [-0.39, 0.29) is 16.7 Å². The third-order valence-corrected chi connectivity index (χ3v) is 3.85. The molecule has 0 unspecified atom stereocenters. The zero-order chi connectivity index (χ0) is 17.7. The fraction of sp³-hybridized carbons (Fsp3) is 0.176. The molecule has 0 saturated carbocycles. The first kappa shape index (κ1) is 18.1. The Hall–Kier alpha value is -2.24. The van der Waals surface area contributed by atoms with Crippen molar-refractivity contribution in [3.63, 3.8) is 0 Å². The molecule has 3 N–H and O–H groups in total. The van der Waals surface area contributed by atoms with Gasteiger partial charge in [0.1, 0.15) is 11.8 Å². The molecule has 2 aromatic carbocycles. The molecule has 2 rings (SSSR count). The van der Waals surface area contributed by atoms with Crippen molar-refractivity contribution in [2.45, 2.75) is 19.9 Å². The van der Waals surface area contributed by atoms with Gasteiger partial charge in [-0.3, -0.25) is 4.79 Å². The summed E-state index contributed by atoms with van der Waals surface area (Å²) in [7, 11) is 0. The quantitative estimate of drug-likeness (QED) is 0.554. The number of hydrogen-bond acceptors (Lipinski definition) is 4. The highest BCUT2D eigenvalue weighted by Gasteiger charge is 2.12. The Morgan fingerprint density at radius 2 is 2.00 bits per heavy atom. The Morgan fingerprint density at radius 1 is 1.29 bits per heavy atom. The van der Waals surface area contributed by atoms with Crippen LogP contribution in [0.25, 0.3) is 0 Å². The number of anilines is 1. The molecule has 126 valence electrons. The summed E-state index contributed by atoms with van der Waals surface area (Å²) in [6.07, 6.45) is 1.28. The molecule has 0 heterocycles. The van der Waals surface area contributed by atoms with Crippen LogP contribution < -0.4 is 10.7 Å². The molecule has 24 heavy (non-hydrogen) atoms. The highest BCUT2D eigenvalue weighted by atomic mass is 35.5. The highest BCUT2D eigenvalue weighted by molar-refractivity contribution is 6.36. The summed E-state index contributed by atoms with van der Waals surface area (Å²) in [5.74, 6) is -0.465. The number of hydrogen-bond donors (Lipinski definition) is 3. The van der Waals surface area contributed by atoms with Crippen molar-refractivity contribution in [2.75, 3.05) is 5.32 Å². The zero-order valence-electron chi connectivity index (χ0n) is 13.2. The van der Waals surface area contributed by atoms with Crippen LogP contribution in [0.4, 0.5) is 5.69 Å². The van der Waals surface area contributed by atoms with Gasteiger partial charge in [0, 0.05) is 16.3 Å². The van der Waals surface area contributed by atoms with Gasteiger partial charge in [0.05, 0.1) is 11.2 Å². The van der Waals surface area contributed by atoms with E-state index in [2.05, 4.69) is 15.8 Å². The predicted octanol–water partition coefficient (Wildman–Crippen LogP) is 3.96. The Labute approximate surface area is 150 Å². The monoisotopic (exact) mass is 365 g/mol. The predicted molar refractivity (Wildman–Crippen MR) is 98.1 cm³/mol. The average molecular weight is 366 g/mol. The van der Waals surface area contributed by atoms with Crippen molar-refractivity contribution in [3.8, 4) is 5.75 Å². The number of amides is 1. The molecule has 2 aromatic rings. The molecule has 0 spiro atoms. The van der Waals surface area contributed by atoms with Gasteiger partial charge in [-0.05, 0) is 37.6 Å². The molecular weight excluding hydrogens is 349 g/mol. The van der Waals surface area contributed by atoms with Crippen molar-refractivity contribution in [2.24, 2.45) is 5.10 Å². The fourth-order valence-electron chi connectivity index (χ4n) is 1.98. The lowest BCUT2D eigenvalue weighted by atomic mass is 10.2. The van der Waals surface area contributed by atoms with Gasteiger partial charge in [-0.15, -0.1) is 0 Å². The molecule has 1 atom stereocenters. The minimum absolute atomic E-state index is 0.116. The van der Waals surface area contributed by atoms with Crippen LogP contribution in [0, 0.1) is 6.92 Å². The first-order chi connectivity index (χ1) is 11.4. The maximum atomic E-state index is 12.1. The first-order valence-corrected chi connectivity index (χ1v) is 7.97. The number of carbonyl (C=O) groups is 1. The lowest BCUT2D eigenvalue weighted by Crippen LogP contribution is -2.35. The topological polar surface area (TPSA) is 73.7 Å². The summed E-state index contributed by atoms with van der Waals surface area (Å²) < 4.78 is 0. The number of hydrazone groups is 1. The van der Waals surface area contributed by atoms with E-state index in [0.717, 1.165) is 11.3 Å². The number of para-hydroxylation sites is 1. The lowest BCUT2D eigenvalue weighted by molar-refractivity contribution is -0.121. The van der Waals surface area contributed by atoms with E-state index < -0.39 is 6.04 Å². The Kier molecular flexibility index (Phi) is 6.06. The largest absolute Gasteiger partial charge is 0.506 e. The zero-order valence-corrected chi connectivity index (χ0v) is 14.7. The van der Waals surface area contributed by atoms with Gasteiger partial charge in [-0.25, -0.2) is 5.43 Å². The van der Waals surface area contributed by atoms with Gasteiger partial charge < -0.3 is 10.4 Å². The smallest absolute Gasteiger partial charge is 0.262 e. The van der Waals surface area contributed by atoms with E-state index in [0.29, 0.717) is 10.6 Å². The molecule has 0 bridgehead atoms. The Balaban J connectivity index is 1.99. The number of aryl methyl sites for hydroxylation is 1. The van der Waals surface area contributed by atoms with Gasteiger partial charge in [0.2, 0.25) is 0 Å². The van der Waals surface area contributed by atoms with Crippen LogP contribution in [0.1, 0.15) is 18.1 Å². The van der Waals surface area contributed by atoms with Crippen LogP contribution in [0.5, 0.6) is 5.75 Å². The Morgan fingerprint density at radius 3 is 2.71 bits per heavy atom. The average Bonchev–Trinajstić information content (AvgIpc) is 2.53. The molecule has 1 amide bonds. The van der Waals surface area contributed by atoms with Gasteiger partial charge in [0.15, 0.2) is 0 Å². The van der Waals surface area contributed by atoms with E-state index in [4.69, 9.17) is 23.2 Å². The van der Waals surface area contributed by atoms with Crippen LogP contribution in [-0.2, 0) is 4.79 Å². The van der Waals surface area contributed by atoms with E-state index in [1.807, 2.05) is 31.2 Å². The van der Waals surface area contributed by atoms with Crippen LogP contribution in [0.15, 0.2) is 41.5 Å². The maximum absolute atomic E-state index is 12.1. The third kappa shape index (κ3) is 4.63. The van der Waals surface area contributed by atoms with Crippen LogP contribution in [-0.4, -0.2) is 23.3 Å². The second kappa shape index (κ2) is 8.04. The summed E-state index contributed by atoms with van der Waals surface area (Å²) in [5.41, 5.74) is 4.64. The number of aromatic hydroxyl groups is 1. The summed E-state index contributed by atoms with van der Waals surface area (Å²) in [5, 5.41) is 17.2. The second-order valence-electron chi connectivity index (χ2n) is 5.24. The van der Waals surface area contributed by atoms with E-state index in [1.165, 1.54) is 18.3 Å². The number of halogens is 2. The summed E-state index contributed by atoms with van der Waals surface area (Å²) >= 11 is 11.7. The molecule has 0 aliphatic heterocycles. The van der Waals surface area contributed by atoms with Gasteiger partial charge in [-0.1, -0.05) is 41.4 Å². The van der Waals surface area contributed by atoms with E-state index >= 15 is 0 Å². The van der Waals surface area contributed by atoms with Crippen molar-refractivity contribution in [1.29, 1.82) is 0 Å². The fourth-order valence-corrected chi connectivity index (χ4v) is 2.49. The molecule has 0 aliphatic rings. The number of benzene rings is 2. The molecule has 5 nitrogen and oxygen atoms in total. The molecule has 0 radical (unpaired) electrons.